The van der Waals surface area contributed by atoms with Gasteiger partial charge in [-0.15, -0.1) is 13.2 Å². The predicted molar refractivity (Wildman–Crippen MR) is 76.6 cm³/mol. The molecule has 0 bridgehead atoms. The number of rotatable bonds is 2. The molecule has 0 radical (unpaired) electrons. The second-order valence-corrected chi connectivity index (χ2v) is 6.78. The van der Waals surface area contributed by atoms with E-state index in [0.717, 1.165) is 23.8 Å². The molecule has 22 heavy (non-hydrogen) atoms. The fraction of sp³-hybridized carbons (Fsp3) is 0.385. The summed E-state index contributed by atoms with van der Waals surface area (Å²) >= 11 is 0. The van der Waals surface area contributed by atoms with E-state index in [9.17, 15) is 30.4 Å². The molecule has 9 heteroatoms. The summed E-state index contributed by atoms with van der Waals surface area (Å²) in [5.74, 6) is 0. The van der Waals surface area contributed by atoms with E-state index < -0.39 is 23.2 Å². The number of fused-ring (bicyclic) bond motifs is 1. The quantitative estimate of drug-likeness (QED) is 0.325. The van der Waals surface area contributed by atoms with E-state index in [-0.39, 0.29) is 0 Å². The largest absolute Gasteiger partial charge is 0.673 e. The molecular weight excluding hydrogens is 332 g/mol. The zero-order valence-corrected chi connectivity index (χ0v) is 12.7. The number of hydrogen-bond acceptors (Lipinski definition) is 0. The molecule has 2 aromatic rings. The monoisotopic (exact) mass is 346 g/mol. The number of alkyl halides is 3. The lowest BCUT2D eigenvalue weighted by molar-refractivity contribution is -0.0867. The van der Waals surface area contributed by atoms with Crippen molar-refractivity contribution in [3.8, 4) is 0 Å². The van der Waals surface area contributed by atoms with E-state index in [4.69, 9.17) is 0 Å². The van der Waals surface area contributed by atoms with Crippen LogP contribution in [-0.4, -0.2) is 7.25 Å². The highest BCUT2D eigenvalue weighted by Crippen LogP contribution is 2.50. The number of aryl methyl sites for hydroxylation is 2. The lowest BCUT2D eigenvalue weighted by Gasteiger charge is -1.99. The summed E-state index contributed by atoms with van der Waals surface area (Å²) < 4.78 is 78.4. The van der Waals surface area contributed by atoms with E-state index in [2.05, 4.69) is 0 Å². The molecule has 2 rings (SSSR count). The minimum atomic E-state index is -6.00. The predicted octanol–water partition coefficient (Wildman–Crippen LogP) is 6.63. The average molecular weight is 346 g/mol. The van der Waals surface area contributed by atoms with Crippen LogP contribution in [0.25, 0.3) is 10.1 Å². The van der Waals surface area contributed by atoms with Crippen LogP contribution < -0.4 is 0 Å². The van der Waals surface area contributed by atoms with Crippen molar-refractivity contribution in [1.82, 2.24) is 0 Å². The Labute approximate surface area is 126 Å². The second-order valence-electron chi connectivity index (χ2n) is 4.62. The lowest BCUT2D eigenvalue weighted by Crippen LogP contribution is -2.02. The number of benzene rings is 1. The first kappa shape index (κ1) is 18.8. The zero-order chi connectivity index (χ0) is 17.1. The molecule has 0 amide bonds. The molecular formula is C13H14BF7S. The van der Waals surface area contributed by atoms with Gasteiger partial charge in [0.1, 0.15) is 0 Å². The highest BCUT2D eigenvalue weighted by Gasteiger charge is 2.46. The maximum absolute atomic E-state index is 13.0. The van der Waals surface area contributed by atoms with Gasteiger partial charge in [-0.2, -0.15) is 0 Å². The van der Waals surface area contributed by atoms with Gasteiger partial charge in [-0.05, 0) is 18.1 Å². The Bertz CT molecular complexity index is 622. The van der Waals surface area contributed by atoms with Gasteiger partial charge in [0, 0.05) is 24.4 Å². The molecule has 0 N–H and O–H groups in total. The van der Waals surface area contributed by atoms with Crippen LogP contribution in [0.5, 0.6) is 0 Å². The Hall–Kier alpha value is -1.25. The van der Waals surface area contributed by atoms with Crippen molar-refractivity contribution in [3.63, 3.8) is 0 Å². The number of halogens is 7. The van der Waals surface area contributed by atoms with Crippen molar-refractivity contribution in [2.75, 3.05) is 0 Å². The second kappa shape index (κ2) is 6.89. The van der Waals surface area contributed by atoms with Crippen LogP contribution in [-0.2, 0) is 11.9 Å². The van der Waals surface area contributed by atoms with Crippen LogP contribution in [0.3, 0.4) is 0 Å². The van der Waals surface area contributed by atoms with Crippen LogP contribution in [0.4, 0.5) is 30.4 Å². The Morgan fingerprint density at radius 3 is 2.05 bits per heavy atom. The molecule has 0 aliphatic carbocycles. The maximum Gasteiger partial charge on any atom is 0.673 e. The van der Waals surface area contributed by atoms with Gasteiger partial charge in [0.25, 0.3) is 0 Å². The fourth-order valence-electron chi connectivity index (χ4n) is 2.08. The zero-order valence-electron chi connectivity index (χ0n) is 11.9. The van der Waals surface area contributed by atoms with E-state index in [1.165, 1.54) is 0 Å². The molecule has 0 aliphatic heterocycles. The third kappa shape index (κ3) is 5.51. The van der Waals surface area contributed by atoms with Gasteiger partial charge < -0.3 is 17.3 Å². The van der Waals surface area contributed by atoms with Crippen LogP contribution in [0.15, 0.2) is 24.3 Å². The summed E-state index contributed by atoms with van der Waals surface area (Å²) in [4.78, 5) is 0.418. The van der Waals surface area contributed by atoms with Gasteiger partial charge in [0.15, 0.2) is 9.58 Å². The van der Waals surface area contributed by atoms with Crippen LogP contribution in [0.1, 0.15) is 23.8 Å². The van der Waals surface area contributed by atoms with Crippen molar-refractivity contribution >= 4 is 27.8 Å². The van der Waals surface area contributed by atoms with E-state index in [0.29, 0.717) is 9.58 Å². The van der Waals surface area contributed by atoms with E-state index in [1.807, 2.05) is 19.1 Å². The standard InChI is InChI=1S/C13H14F3S.BF4/c1-3-4-10-5-6-11-7-9(2)17(12(11)8-10)13(14,15)16;2-1(3,4)5/h5-8H,3-4H2,1-2H3;/q+1;-1. The molecule has 0 nitrogen and oxygen atoms in total. The molecule has 1 heterocycles. The molecule has 1 aromatic heterocycles. The van der Waals surface area contributed by atoms with Crippen molar-refractivity contribution in [2.24, 2.45) is 0 Å². The third-order valence-corrected chi connectivity index (χ3v) is 4.77. The topological polar surface area (TPSA) is 0 Å². The molecule has 1 atom stereocenters. The molecule has 0 fully saturated rings. The first-order valence-corrected chi connectivity index (χ1v) is 7.65. The minimum absolute atomic E-state index is 0.418. The molecule has 0 saturated heterocycles. The summed E-state index contributed by atoms with van der Waals surface area (Å²) in [6.07, 6.45) is 1.78. The Kier molecular flexibility index (Phi) is 5.89. The molecule has 0 spiro atoms. The maximum atomic E-state index is 13.0. The SMILES string of the molecule is CCCc1ccc2cc(C)[s+](C(F)(F)F)c2c1.F[B-](F)(F)F. The fourth-order valence-corrected chi connectivity index (χ4v) is 3.92. The number of hydrogen-bond donors (Lipinski definition) is 0. The molecule has 1 aromatic carbocycles. The van der Waals surface area contributed by atoms with Gasteiger partial charge >= 0.3 is 12.8 Å². The van der Waals surface area contributed by atoms with E-state index in [1.54, 1.807) is 19.1 Å². The van der Waals surface area contributed by atoms with Gasteiger partial charge in [-0.3, -0.25) is 0 Å². The highest BCUT2D eigenvalue weighted by molar-refractivity contribution is 7.38. The molecule has 124 valence electrons. The van der Waals surface area contributed by atoms with E-state index >= 15 is 0 Å². The van der Waals surface area contributed by atoms with Gasteiger partial charge in [-0.25, -0.2) is 0 Å². The van der Waals surface area contributed by atoms with Gasteiger partial charge in [0.05, 0.1) is 10.5 Å². The summed E-state index contributed by atoms with van der Waals surface area (Å²) in [5, 5.41) is 0.725. The smallest absolute Gasteiger partial charge is 0.418 e. The van der Waals surface area contributed by atoms with Crippen LogP contribution in [0.2, 0.25) is 0 Å². The highest BCUT2D eigenvalue weighted by atomic mass is 32.2. The Morgan fingerprint density at radius 1 is 1.05 bits per heavy atom. The summed E-state index contributed by atoms with van der Waals surface area (Å²) in [6.45, 7) is 3.59. The van der Waals surface area contributed by atoms with Gasteiger partial charge in [-0.1, -0.05) is 19.4 Å². The average Bonchev–Trinajstić information content (AvgIpc) is 2.62. The summed E-state index contributed by atoms with van der Waals surface area (Å²) in [7, 11) is -7.72. The van der Waals surface area contributed by atoms with Crippen molar-refractivity contribution in [2.45, 2.75) is 32.2 Å². The molecule has 0 saturated carbocycles. The lowest BCUT2D eigenvalue weighted by atomic mass is 10.1. The Balaban J connectivity index is 0.000000422. The van der Waals surface area contributed by atoms with Crippen molar-refractivity contribution < 1.29 is 30.4 Å². The first-order chi connectivity index (χ1) is 9.93. The summed E-state index contributed by atoms with van der Waals surface area (Å²) in [6, 6.07) is 7.11. The summed E-state index contributed by atoms with van der Waals surface area (Å²) in [5.41, 5.74) is -3.16. The minimum Gasteiger partial charge on any atom is -0.418 e. The van der Waals surface area contributed by atoms with Crippen LogP contribution >= 0.6 is 10.5 Å². The molecule has 0 aliphatic rings. The molecule has 1 unspecified atom stereocenters. The van der Waals surface area contributed by atoms with Crippen LogP contribution in [0, 0.1) is 6.92 Å². The number of thiophene rings is 1. The van der Waals surface area contributed by atoms with Gasteiger partial charge in [0.2, 0.25) is 0 Å². The van der Waals surface area contributed by atoms with Crippen molar-refractivity contribution in [1.29, 1.82) is 0 Å². The Morgan fingerprint density at radius 2 is 1.59 bits per heavy atom. The third-order valence-electron chi connectivity index (χ3n) is 2.75. The normalized spacial score (nSPS) is 13.0. The first-order valence-electron chi connectivity index (χ1n) is 6.43. The van der Waals surface area contributed by atoms with Crippen molar-refractivity contribution in [3.05, 3.63) is 34.7 Å².